The third kappa shape index (κ3) is 2.51. The number of rotatable bonds is 4. The average Bonchev–Trinajstić information content (AvgIpc) is 2.86. The van der Waals surface area contributed by atoms with Gasteiger partial charge in [0.1, 0.15) is 12.2 Å². The predicted molar refractivity (Wildman–Crippen MR) is 62.9 cm³/mol. The minimum absolute atomic E-state index is 0.387. The van der Waals surface area contributed by atoms with Crippen molar-refractivity contribution in [3.05, 3.63) is 24.5 Å². The first-order valence-corrected chi connectivity index (χ1v) is 5.86. The number of hydrogen-bond donors (Lipinski definition) is 1. The SMILES string of the molecule is COC1C(On2cccc2)OC(C)C(O)C1OC. The maximum atomic E-state index is 9.99. The van der Waals surface area contributed by atoms with Crippen LogP contribution in [-0.2, 0) is 14.2 Å². The van der Waals surface area contributed by atoms with E-state index in [1.807, 2.05) is 12.1 Å². The molecule has 5 atom stereocenters. The number of ether oxygens (including phenoxy) is 3. The summed E-state index contributed by atoms with van der Waals surface area (Å²) in [7, 11) is 3.07. The van der Waals surface area contributed by atoms with E-state index in [2.05, 4.69) is 0 Å². The monoisotopic (exact) mass is 257 g/mol. The number of aliphatic hydroxyl groups excluding tert-OH is 1. The van der Waals surface area contributed by atoms with Crippen molar-refractivity contribution in [1.29, 1.82) is 0 Å². The molecule has 1 aromatic rings. The second kappa shape index (κ2) is 5.71. The lowest BCUT2D eigenvalue weighted by atomic mass is 10.00. The molecule has 0 radical (unpaired) electrons. The Hall–Kier alpha value is -1.08. The Bertz CT molecular complexity index is 355. The van der Waals surface area contributed by atoms with E-state index in [-0.39, 0.29) is 6.10 Å². The van der Waals surface area contributed by atoms with E-state index in [0.29, 0.717) is 0 Å². The summed E-state index contributed by atoms with van der Waals surface area (Å²) >= 11 is 0. The van der Waals surface area contributed by atoms with Crippen molar-refractivity contribution in [2.75, 3.05) is 14.2 Å². The summed E-state index contributed by atoms with van der Waals surface area (Å²) in [6.07, 6.45) is 0.765. The Morgan fingerprint density at radius 1 is 1.11 bits per heavy atom. The molecule has 0 saturated carbocycles. The van der Waals surface area contributed by atoms with Crippen molar-refractivity contribution in [3.8, 4) is 0 Å². The van der Waals surface area contributed by atoms with Gasteiger partial charge in [0.2, 0.25) is 0 Å². The van der Waals surface area contributed by atoms with Crippen molar-refractivity contribution >= 4 is 0 Å². The molecule has 6 heteroatoms. The van der Waals surface area contributed by atoms with Gasteiger partial charge in [0, 0.05) is 26.6 Å². The highest BCUT2D eigenvalue weighted by Gasteiger charge is 2.45. The molecule has 1 aromatic heterocycles. The van der Waals surface area contributed by atoms with Gasteiger partial charge in [-0.2, -0.15) is 4.73 Å². The van der Waals surface area contributed by atoms with Crippen LogP contribution in [0.3, 0.4) is 0 Å². The first-order valence-electron chi connectivity index (χ1n) is 5.86. The molecular formula is C12H19NO5. The zero-order valence-corrected chi connectivity index (χ0v) is 10.7. The van der Waals surface area contributed by atoms with E-state index in [1.54, 1.807) is 19.3 Å². The quantitative estimate of drug-likeness (QED) is 0.826. The first-order chi connectivity index (χ1) is 8.67. The Balaban J connectivity index is 2.12. The van der Waals surface area contributed by atoms with Crippen LogP contribution in [0.1, 0.15) is 6.92 Å². The van der Waals surface area contributed by atoms with Crippen LogP contribution in [0.4, 0.5) is 0 Å². The molecule has 0 aromatic carbocycles. The summed E-state index contributed by atoms with van der Waals surface area (Å²) in [4.78, 5) is 5.63. The summed E-state index contributed by atoms with van der Waals surface area (Å²) in [6.45, 7) is 1.77. The number of aliphatic hydroxyl groups is 1. The van der Waals surface area contributed by atoms with Gasteiger partial charge in [-0.05, 0) is 19.1 Å². The normalized spacial score (nSPS) is 36.6. The Kier molecular flexibility index (Phi) is 4.23. The van der Waals surface area contributed by atoms with Crippen LogP contribution in [0.25, 0.3) is 0 Å². The molecule has 5 unspecified atom stereocenters. The van der Waals surface area contributed by atoms with Crippen molar-refractivity contribution in [3.63, 3.8) is 0 Å². The van der Waals surface area contributed by atoms with E-state index in [9.17, 15) is 5.11 Å². The van der Waals surface area contributed by atoms with Crippen LogP contribution in [0.2, 0.25) is 0 Å². The van der Waals surface area contributed by atoms with Gasteiger partial charge in [-0.15, -0.1) is 0 Å². The third-order valence-corrected chi connectivity index (χ3v) is 3.11. The molecule has 0 aliphatic carbocycles. The molecule has 0 amide bonds. The van der Waals surface area contributed by atoms with Crippen LogP contribution in [0, 0.1) is 0 Å². The van der Waals surface area contributed by atoms with E-state index < -0.39 is 24.6 Å². The highest BCUT2D eigenvalue weighted by atomic mass is 16.8. The van der Waals surface area contributed by atoms with Crippen LogP contribution >= 0.6 is 0 Å². The molecule has 1 saturated heterocycles. The maximum absolute atomic E-state index is 9.99. The second-order valence-corrected chi connectivity index (χ2v) is 4.25. The van der Waals surface area contributed by atoms with Gasteiger partial charge in [0.15, 0.2) is 6.10 Å². The van der Waals surface area contributed by atoms with Crippen molar-refractivity contribution in [2.45, 2.75) is 37.6 Å². The topological polar surface area (TPSA) is 62.1 Å². The first kappa shape index (κ1) is 13.4. The van der Waals surface area contributed by atoms with Gasteiger partial charge in [-0.3, -0.25) is 0 Å². The van der Waals surface area contributed by atoms with E-state index in [1.165, 1.54) is 19.0 Å². The molecule has 1 aliphatic rings. The molecule has 1 aliphatic heterocycles. The summed E-state index contributed by atoms with van der Waals surface area (Å²) in [6, 6.07) is 3.69. The minimum atomic E-state index is -0.746. The third-order valence-electron chi connectivity index (χ3n) is 3.11. The van der Waals surface area contributed by atoms with Gasteiger partial charge >= 0.3 is 0 Å². The van der Waals surface area contributed by atoms with Gasteiger partial charge in [-0.1, -0.05) is 0 Å². The molecule has 2 heterocycles. The zero-order chi connectivity index (χ0) is 13.1. The van der Waals surface area contributed by atoms with Crippen molar-refractivity contribution in [1.82, 2.24) is 4.73 Å². The van der Waals surface area contributed by atoms with Crippen molar-refractivity contribution in [2.24, 2.45) is 0 Å². The molecule has 1 N–H and O–H groups in total. The van der Waals surface area contributed by atoms with Gasteiger partial charge in [0.05, 0.1) is 6.10 Å². The number of nitrogens with zero attached hydrogens (tertiary/aromatic N) is 1. The van der Waals surface area contributed by atoms with Crippen LogP contribution in [-0.4, -0.2) is 54.8 Å². The maximum Gasteiger partial charge on any atom is 0.254 e. The Morgan fingerprint density at radius 3 is 2.28 bits per heavy atom. The van der Waals surface area contributed by atoms with Crippen LogP contribution < -0.4 is 4.84 Å². The lowest BCUT2D eigenvalue weighted by Crippen LogP contribution is -2.60. The van der Waals surface area contributed by atoms with Crippen LogP contribution in [0.15, 0.2) is 24.5 Å². The largest absolute Gasteiger partial charge is 0.388 e. The average molecular weight is 257 g/mol. The minimum Gasteiger partial charge on any atom is -0.388 e. The second-order valence-electron chi connectivity index (χ2n) is 4.25. The van der Waals surface area contributed by atoms with Crippen LogP contribution in [0.5, 0.6) is 0 Å². The standard InChI is InChI=1S/C12H19NO5/c1-8-9(14)10(15-2)11(16-3)12(17-8)18-13-6-4-5-7-13/h4-12,14H,1-3H3. The molecule has 1 fully saturated rings. The molecule has 0 spiro atoms. The Morgan fingerprint density at radius 2 is 1.72 bits per heavy atom. The number of aromatic nitrogens is 1. The zero-order valence-electron chi connectivity index (χ0n) is 10.7. The molecule has 2 rings (SSSR count). The molecule has 6 nitrogen and oxygen atoms in total. The van der Waals surface area contributed by atoms with Gasteiger partial charge < -0.3 is 24.2 Å². The fraction of sp³-hybridized carbons (Fsp3) is 0.667. The highest BCUT2D eigenvalue weighted by molar-refractivity contribution is 4.91. The highest BCUT2D eigenvalue weighted by Crippen LogP contribution is 2.24. The van der Waals surface area contributed by atoms with Gasteiger partial charge in [0.25, 0.3) is 6.29 Å². The predicted octanol–water partition coefficient (Wildman–Crippen LogP) is 0.0524. The fourth-order valence-electron chi connectivity index (χ4n) is 2.10. The molecule has 102 valence electrons. The fourth-order valence-corrected chi connectivity index (χ4v) is 2.10. The number of hydrogen-bond acceptors (Lipinski definition) is 5. The summed E-state index contributed by atoms with van der Waals surface area (Å²) in [5, 5.41) is 9.99. The summed E-state index contributed by atoms with van der Waals surface area (Å²) in [5.74, 6) is 0. The number of methoxy groups -OCH3 is 2. The van der Waals surface area contributed by atoms with E-state index >= 15 is 0 Å². The lowest BCUT2D eigenvalue weighted by Gasteiger charge is -2.41. The molecule has 0 bridgehead atoms. The molecular weight excluding hydrogens is 238 g/mol. The smallest absolute Gasteiger partial charge is 0.254 e. The lowest BCUT2D eigenvalue weighted by molar-refractivity contribution is -0.301. The molecule has 18 heavy (non-hydrogen) atoms. The van der Waals surface area contributed by atoms with E-state index in [4.69, 9.17) is 19.0 Å². The van der Waals surface area contributed by atoms with E-state index in [0.717, 1.165) is 0 Å². The summed E-state index contributed by atoms with van der Waals surface area (Å²) in [5.41, 5.74) is 0. The summed E-state index contributed by atoms with van der Waals surface area (Å²) < 4.78 is 17.8. The Labute approximate surface area is 106 Å². The van der Waals surface area contributed by atoms with Crippen molar-refractivity contribution < 1.29 is 24.2 Å². The van der Waals surface area contributed by atoms with Gasteiger partial charge in [-0.25, -0.2) is 0 Å².